The van der Waals surface area contributed by atoms with Crippen molar-refractivity contribution in [2.24, 2.45) is 11.8 Å². The molecule has 6 nitrogen and oxygen atoms in total. The second-order valence-electron chi connectivity index (χ2n) is 7.22. The molecule has 1 aliphatic rings. The molecule has 4 unspecified atom stereocenters. The van der Waals surface area contributed by atoms with Crippen molar-refractivity contribution < 1.29 is 14.4 Å². The lowest BCUT2D eigenvalue weighted by Gasteiger charge is -2.47. The van der Waals surface area contributed by atoms with E-state index < -0.39 is 23.9 Å². The minimum Gasteiger partial charge on any atom is -0.299 e. The Labute approximate surface area is 165 Å². The minimum absolute atomic E-state index is 0.243. The Hall–Kier alpha value is -2.73. The maximum absolute atomic E-state index is 13.4. The lowest BCUT2D eigenvalue weighted by Crippen LogP contribution is -2.55. The molecule has 0 radical (unpaired) electrons. The van der Waals surface area contributed by atoms with Gasteiger partial charge in [-0.15, -0.1) is 0 Å². The molecule has 0 amide bonds. The topological polar surface area (TPSA) is 80.2 Å². The Morgan fingerprint density at radius 2 is 1.36 bits per heavy atom. The molecule has 2 aromatic heterocycles. The highest BCUT2D eigenvalue weighted by Crippen LogP contribution is 2.46. The highest BCUT2D eigenvalue weighted by Gasteiger charge is 2.53. The fourth-order valence-electron chi connectivity index (χ4n) is 4.23. The van der Waals surface area contributed by atoms with Crippen LogP contribution in [0.4, 0.5) is 0 Å². The highest BCUT2D eigenvalue weighted by molar-refractivity contribution is 6.12. The SMILES string of the molecule is CCCN1C(c2ccccn2)C(C(C)=O)C(=O)C(C(C)=O)C1c1ccccn1. The largest absolute Gasteiger partial charge is 0.299 e. The summed E-state index contributed by atoms with van der Waals surface area (Å²) in [6, 6.07) is 9.93. The average molecular weight is 379 g/mol. The van der Waals surface area contributed by atoms with E-state index in [0.29, 0.717) is 17.9 Å². The number of Topliss-reactive ketones (excluding diaryl/α,β-unsaturated/α-hetero) is 3. The zero-order valence-corrected chi connectivity index (χ0v) is 16.4. The number of hydrogen-bond acceptors (Lipinski definition) is 6. The standard InChI is InChI=1S/C22H25N3O3/c1-4-13-25-20(16-9-5-7-11-23-16)18(14(2)26)22(28)19(15(3)27)21(25)17-10-6-8-12-24-17/h5-12,18-21H,4,13H2,1-3H3. The van der Waals surface area contributed by atoms with Gasteiger partial charge in [0.15, 0.2) is 5.78 Å². The smallest absolute Gasteiger partial charge is 0.157 e. The van der Waals surface area contributed by atoms with Gasteiger partial charge in [-0.3, -0.25) is 29.3 Å². The van der Waals surface area contributed by atoms with Crippen LogP contribution in [0.25, 0.3) is 0 Å². The third kappa shape index (κ3) is 3.64. The summed E-state index contributed by atoms with van der Waals surface area (Å²) in [6.45, 7) is 5.48. The maximum atomic E-state index is 13.4. The van der Waals surface area contributed by atoms with E-state index in [4.69, 9.17) is 0 Å². The molecule has 2 aromatic rings. The second kappa shape index (κ2) is 8.52. The van der Waals surface area contributed by atoms with Crippen LogP contribution in [0.15, 0.2) is 48.8 Å². The summed E-state index contributed by atoms with van der Waals surface area (Å²) in [5, 5.41) is 0. The Bertz CT molecular complexity index is 786. The zero-order chi connectivity index (χ0) is 20.3. The van der Waals surface area contributed by atoms with Crippen LogP contribution in [0.1, 0.15) is 50.7 Å². The van der Waals surface area contributed by atoms with Crippen molar-refractivity contribution in [1.82, 2.24) is 14.9 Å². The third-order valence-corrected chi connectivity index (χ3v) is 5.30. The van der Waals surface area contributed by atoms with E-state index in [0.717, 1.165) is 6.42 Å². The van der Waals surface area contributed by atoms with Gasteiger partial charge >= 0.3 is 0 Å². The fourth-order valence-corrected chi connectivity index (χ4v) is 4.23. The fraction of sp³-hybridized carbons (Fsp3) is 0.409. The van der Waals surface area contributed by atoms with E-state index in [9.17, 15) is 14.4 Å². The summed E-state index contributed by atoms with van der Waals surface area (Å²) in [4.78, 5) is 49.5. The van der Waals surface area contributed by atoms with Crippen molar-refractivity contribution in [3.05, 3.63) is 60.2 Å². The molecule has 146 valence electrons. The number of aromatic nitrogens is 2. The Kier molecular flexibility index (Phi) is 6.09. The molecule has 1 saturated heterocycles. The predicted molar refractivity (Wildman–Crippen MR) is 104 cm³/mol. The molecule has 6 heteroatoms. The van der Waals surface area contributed by atoms with Crippen molar-refractivity contribution in [2.75, 3.05) is 6.54 Å². The number of likely N-dealkylation sites (tertiary alicyclic amines) is 1. The zero-order valence-electron chi connectivity index (χ0n) is 16.4. The molecule has 28 heavy (non-hydrogen) atoms. The van der Waals surface area contributed by atoms with Gasteiger partial charge in [0.1, 0.15) is 11.6 Å². The number of pyridine rings is 2. The number of carbonyl (C=O) groups is 3. The van der Waals surface area contributed by atoms with Gasteiger partial charge in [0.05, 0.1) is 35.3 Å². The van der Waals surface area contributed by atoms with E-state index in [1.165, 1.54) is 13.8 Å². The molecule has 0 N–H and O–H groups in total. The van der Waals surface area contributed by atoms with E-state index in [1.807, 2.05) is 31.2 Å². The Morgan fingerprint density at radius 3 is 1.68 bits per heavy atom. The number of rotatable bonds is 6. The van der Waals surface area contributed by atoms with E-state index in [-0.39, 0.29) is 17.3 Å². The van der Waals surface area contributed by atoms with Crippen LogP contribution in [0.5, 0.6) is 0 Å². The molecular formula is C22H25N3O3. The lowest BCUT2D eigenvalue weighted by atomic mass is 9.72. The van der Waals surface area contributed by atoms with E-state index >= 15 is 0 Å². The predicted octanol–water partition coefficient (Wildman–Crippen LogP) is 2.96. The van der Waals surface area contributed by atoms with Gasteiger partial charge in [0.2, 0.25) is 0 Å². The summed E-state index contributed by atoms with van der Waals surface area (Å²) in [6.07, 6.45) is 4.12. The van der Waals surface area contributed by atoms with Crippen LogP contribution in [0, 0.1) is 11.8 Å². The summed E-state index contributed by atoms with van der Waals surface area (Å²) in [7, 11) is 0. The van der Waals surface area contributed by atoms with Gasteiger partial charge in [0.25, 0.3) is 0 Å². The molecule has 0 saturated carbocycles. The summed E-state index contributed by atoms with van der Waals surface area (Å²) < 4.78 is 0. The Morgan fingerprint density at radius 1 is 0.893 bits per heavy atom. The van der Waals surface area contributed by atoms with Crippen LogP contribution in [-0.4, -0.2) is 38.8 Å². The van der Waals surface area contributed by atoms with Crippen LogP contribution in [0.2, 0.25) is 0 Å². The summed E-state index contributed by atoms with van der Waals surface area (Å²) in [5.74, 6) is -2.66. The van der Waals surface area contributed by atoms with Crippen molar-refractivity contribution in [1.29, 1.82) is 0 Å². The molecule has 4 atom stereocenters. The molecule has 1 fully saturated rings. The van der Waals surface area contributed by atoms with Crippen molar-refractivity contribution in [3.63, 3.8) is 0 Å². The quantitative estimate of drug-likeness (QED) is 0.718. The van der Waals surface area contributed by atoms with Crippen molar-refractivity contribution >= 4 is 17.3 Å². The van der Waals surface area contributed by atoms with Crippen LogP contribution in [-0.2, 0) is 14.4 Å². The van der Waals surface area contributed by atoms with Crippen molar-refractivity contribution in [2.45, 2.75) is 39.3 Å². The number of hydrogen-bond donors (Lipinski definition) is 0. The first-order valence-electron chi connectivity index (χ1n) is 9.59. The number of carbonyl (C=O) groups excluding carboxylic acids is 3. The van der Waals surface area contributed by atoms with Crippen molar-refractivity contribution in [3.8, 4) is 0 Å². The molecule has 3 rings (SSSR count). The van der Waals surface area contributed by atoms with Crippen LogP contribution in [0.3, 0.4) is 0 Å². The van der Waals surface area contributed by atoms with Gasteiger partial charge in [-0.1, -0.05) is 19.1 Å². The lowest BCUT2D eigenvalue weighted by molar-refractivity contribution is -0.151. The number of ketones is 3. The highest BCUT2D eigenvalue weighted by atomic mass is 16.2. The van der Waals surface area contributed by atoms with Gasteiger partial charge in [0, 0.05) is 12.4 Å². The van der Waals surface area contributed by atoms with Crippen LogP contribution >= 0.6 is 0 Å². The first-order valence-corrected chi connectivity index (χ1v) is 9.59. The van der Waals surface area contributed by atoms with Gasteiger partial charge in [-0.2, -0.15) is 0 Å². The minimum atomic E-state index is -0.921. The van der Waals surface area contributed by atoms with Gasteiger partial charge in [-0.25, -0.2) is 0 Å². The summed E-state index contributed by atoms with van der Waals surface area (Å²) >= 11 is 0. The van der Waals surface area contributed by atoms with E-state index in [1.54, 1.807) is 24.5 Å². The number of piperidine rings is 1. The molecule has 0 bridgehead atoms. The molecule has 3 heterocycles. The van der Waals surface area contributed by atoms with Gasteiger partial charge in [-0.05, 0) is 51.1 Å². The van der Waals surface area contributed by atoms with Gasteiger partial charge < -0.3 is 0 Å². The monoisotopic (exact) mass is 379 g/mol. The maximum Gasteiger partial charge on any atom is 0.157 e. The molecule has 0 spiro atoms. The molecular weight excluding hydrogens is 354 g/mol. The first kappa shape index (κ1) is 20.0. The Balaban J connectivity index is 2.23. The molecule has 0 aliphatic carbocycles. The second-order valence-corrected chi connectivity index (χ2v) is 7.22. The molecule has 0 aromatic carbocycles. The van der Waals surface area contributed by atoms with E-state index in [2.05, 4.69) is 14.9 Å². The molecule has 1 aliphatic heterocycles. The summed E-state index contributed by atoms with van der Waals surface area (Å²) in [5.41, 5.74) is 1.32. The van der Waals surface area contributed by atoms with Crippen LogP contribution < -0.4 is 0 Å². The first-order chi connectivity index (χ1) is 13.5. The average Bonchev–Trinajstić information content (AvgIpc) is 2.69. The number of nitrogens with zero attached hydrogens (tertiary/aromatic N) is 3. The normalized spacial score (nSPS) is 25.5. The third-order valence-electron chi connectivity index (χ3n) is 5.30.